The first-order valence-corrected chi connectivity index (χ1v) is 6.46. The van der Waals surface area contributed by atoms with Gasteiger partial charge in [-0.2, -0.15) is 23.3 Å². The van der Waals surface area contributed by atoms with Crippen molar-refractivity contribution in [1.29, 1.82) is 0 Å². The molecule has 0 saturated carbocycles. The molecule has 0 aliphatic heterocycles. The topological polar surface area (TPSA) is 73.8 Å². The van der Waals surface area contributed by atoms with E-state index in [1.54, 1.807) is 24.3 Å². The summed E-state index contributed by atoms with van der Waals surface area (Å²) in [6.45, 7) is 0.250. The maximum Gasteiger partial charge on any atom is 0.471 e. The van der Waals surface area contributed by atoms with Crippen LogP contribution in [0.25, 0.3) is 11.4 Å². The molecule has 0 bridgehead atoms. The van der Waals surface area contributed by atoms with E-state index in [1.807, 2.05) is 0 Å². The Morgan fingerprint density at radius 3 is 2.48 bits per heavy atom. The summed E-state index contributed by atoms with van der Waals surface area (Å²) in [6.07, 6.45) is -3.18. The van der Waals surface area contributed by atoms with E-state index in [9.17, 15) is 18.0 Å². The number of aromatic nitrogens is 4. The number of halogens is 3. The van der Waals surface area contributed by atoms with Gasteiger partial charge in [0.05, 0.1) is 6.54 Å². The van der Waals surface area contributed by atoms with E-state index in [2.05, 4.69) is 19.8 Å². The first-order chi connectivity index (χ1) is 10.9. The molecule has 118 valence electrons. The Morgan fingerprint density at radius 1 is 1.13 bits per heavy atom. The Kier molecular flexibility index (Phi) is 3.68. The summed E-state index contributed by atoms with van der Waals surface area (Å²) < 4.78 is 42.7. The molecule has 0 N–H and O–H groups in total. The van der Waals surface area contributed by atoms with Crippen LogP contribution in [0.5, 0.6) is 0 Å². The molecule has 0 aliphatic carbocycles. The molecule has 2 heterocycles. The quantitative estimate of drug-likeness (QED) is 0.740. The highest BCUT2D eigenvalue weighted by Gasteiger charge is 2.38. The summed E-state index contributed by atoms with van der Waals surface area (Å²) in [5.41, 5.74) is 0.889. The zero-order valence-electron chi connectivity index (χ0n) is 11.5. The van der Waals surface area contributed by atoms with E-state index in [0.29, 0.717) is 5.56 Å². The van der Waals surface area contributed by atoms with E-state index in [4.69, 9.17) is 0 Å². The molecule has 0 atom stereocenters. The van der Waals surface area contributed by atoms with E-state index in [1.165, 1.54) is 23.0 Å². The van der Waals surface area contributed by atoms with Gasteiger partial charge in [-0.3, -0.25) is 4.79 Å². The molecule has 0 saturated heterocycles. The maximum absolute atomic E-state index is 12.4. The van der Waals surface area contributed by atoms with E-state index >= 15 is 0 Å². The third-order valence-electron chi connectivity index (χ3n) is 3.00. The third kappa shape index (κ3) is 3.28. The Labute approximate surface area is 127 Å². The Bertz CT molecular complexity index is 868. The molecule has 0 fully saturated rings. The molecule has 0 aliphatic rings. The molecule has 23 heavy (non-hydrogen) atoms. The van der Waals surface area contributed by atoms with Crippen LogP contribution >= 0.6 is 0 Å². The number of hydrogen-bond acceptors (Lipinski definition) is 5. The Balaban J connectivity index is 1.81. The summed E-state index contributed by atoms with van der Waals surface area (Å²) in [6, 6.07) is 9.33. The zero-order valence-corrected chi connectivity index (χ0v) is 11.5. The smallest absolute Gasteiger partial charge is 0.329 e. The number of rotatable bonds is 3. The van der Waals surface area contributed by atoms with Crippen molar-refractivity contribution in [2.45, 2.75) is 12.7 Å². The van der Waals surface area contributed by atoms with E-state index < -0.39 is 12.1 Å². The molecule has 0 unspecified atom stereocenters. The van der Waals surface area contributed by atoms with Gasteiger partial charge < -0.3 is 4.52 Å². The summed E-state index contributed by atoms with van der Waals surface area (Å²) in [5.74, 6) is -1.55. The van der Waals surface area contributed by atoms with Crippen LogP contribution in [0, 0.1) is 0 Å². The highest BCUT2D eigenvalue weighted by Crippen LogP contribution is 2.29. The fraction of sp³-hybridized carbons (Fsp3) is 0.143. The molecular weight excluding hydrogens is 313 g/mol. The van der Waals surface area contributed by atoms with Crippen LogP contribution in [-0.4, -0.2) is 19.9 Å². The van der Waals surface area contributed by atoms with Gasteiger partial charge >= 0.3 is 12.1 Å². The van der Waals surface area contributed by atoms with Gasteiger partial charge in [0, 0.05) is 17.8 Å². The monoisotopic (exact) mass is 322 g/mol. The lowest BCUT2D eigenvalue weighted by Crippen LogP contribution is -2.21. The fourth-order valence-corrected chi connectivity index (χ4v) is 1.89. The molecule has 3 aromatic rings. The van der Waals surface area contributed by atoms with Crippen molar-refractivity contribution in [1.82, 2.24) is 19.9 Å². The minimum atomic E-state index is -4.68. The van der Waals surface area contributed by atoms with Crippen LogP contribution in [-0.2, 0) is 12.7 Å². The van der Waals surface area contributed by atoms with Crippen LogP contribution in [0.3, 0.4) is 0 Å². The summed E-state index contributed by atoms with van der Waals surface area (Å²) >= 11 is 0. The van der Waals surface area contributed by atoms with Gasteiger partial charge in [-0.15, -0.1) is 0 Å². The van der Waals surface area contributed by atoms with Crippen LogP contribution in [0.1, 0.15) is 11.5 Å². The van der Waals surface area contributed by atoms with Crippen molar-refractivity contribution < 1.29 is 17.7 Å². The van der Waals surface area contributed by atoms with Crippen LogP contribution < -0.4 is 5.56 Å². The number of benzene rings is 1. The lowest BCUT2D eigenvalue weighted by atomic mass is 10.1. The largest absolute Gasteiger partial charge is 0.471 e. The summed E-state index contributed by atoms with van der Waals surface area (Å²) in [4.78, 5) is 14.9. The average Bonchev–Trinajstić information content (AvgIpc) is 3.00. The van der Waals surface area contributed by atoms with Crippen molar-refractivity contribution in [3.05, 3.63) is 64.4 Å². The molecule has 1 aromatic carbocycles. The molecule has 9 heteroatoms. The van der Waals surface area contributed by atoms with Gasteiger partial charge in [-0.1, -0.05) is 29.4 Å². The third-order valence-corrected chi connectivity index (χ3v) is 3.00. The number of nitrogens with zero attached hydrogens (tertiary/aromatic N) is 4. The van der Waals surface area contributed by atoms with Gasteiger partial charge in [0.1, 0.15) is 0 Å². The van der Waals surface area contributed by atoms with Gasteiger partial charge in [0.15, 0.2) is 0 Å². The summed E-state index contributed by atoms with van der Waals surface area (Å²) in [7, 11) is 0. The molecule has 0 radical (unpaired) electrons. The first-order valence-electron chi connectivity index (χ1n) is 6.46. The van der Waals surface area contributed by atoms with E-state index in [-0.39, 0.29) is 17.9 Å². The number of alkyl halides is 3. The molecule has 3 rings (SSSR count). The van der Waals surface area contributed by atoms with Crippen molar-refractivity contribution in [3.8, 4) is 11.4 Å². The van der Waals surface area contributed by atoms with Gasteiger partial charge in [-0.05, 0) is 11.6 Å². The second-order valence-corrected chi connectivity index (χ2v) is 4.64. The fourth-order valence-electron chi connectivity index (χ4n) is 1.89. The number of hydrogen-bond donors (Lipinski definition) is 0. The second-order valence-electron chi connectivity index (χ2n) is 4.64. The Morgan fingerprint density at radius 2 is 1.87 bits per heavy atom. The molecular formula is C14H9F3N4O2. The lowest BCUT2D eigenvalue weighted by Gasteiger charge is -2.04. The SMILES string of the molecule is O=c1cccnn1Cc1ccc(-c2noc(C(F)(F)F)n2)cc1. The predicted molar refractivity (Wildman–Crippen MR) is 72.3 cm³/mol. The lowest BCUT2D eigenvalue weighted by molar-refractivity contribution is -0.159. The zero-order chi connectivity index (χ0) is 16.4. The second kappa shape index (κ2) is 5.67. The molecule has 2 aromatic heterocycles. The molecule has 6 nitrogen and oxygen atoms in total. The first kappa shape index (κ1) is 14.9. The molecule has 0 amide bonds. The Hall–Kier alpha value is -2.97. The van der Waals surface area contributed by atoms with Crippen LogP contribution in [0.15, 0.2) is 51.9 Å². The van der Waals surface area contributed by atoms with Crippen molar-refractivity contribution in [2.75, 3.05) is 0 Å². The minimum Gasteiger partial charge on any atom is -0.329 e. The highest BCUT2D eigenvalue weighted by molar-refractivity contribution is 5.54. The van der Waals surface area contributed by atoms with Crippen LogP contribution in [0.2, 0.25) is 0 Å². The highest BCUT2D eigenvalue weighted by atomic mass is 19.4. The predicted octanol–water partition coefficient (Wildman–Crippen LogP) is 2.36. The van der Waals surface area contributed by atoms with Crippen molar-refractivity contribution in [3.63, 3.8) is 0 Å². The molecule has 0 spiro atoms. The minimum absolute atomic E-state index is 0.154. The van der Waals surface area contributed by atoms with Gasteiger partial charge in [0.25, 0.3) is 5.56 Å². The average molecular weight is 322 g/mol. The summed E-state index contributed by atoms with van der Waals surface area (Å²) in [5, 5.41) is 7.23. The van der Waals surface area contributed by atoms with Crippen LogP contribution in [0.4, 0.5) is 13.2 Å². The van der Waals surface area contributed by atoms with Crippen molar-refractivity contribution >= 4 is 0 Å². The maximum atomic E-state index is 12.4. The normalized spacial score (nSPS) is 11.6. The standard InChI is InChI=1S/C14H9F3N4O2/c15-14(16,17)13-19-12(20-23-13)10-5-3-9(4-6-10)8-21-11(22)2-1-7-18-21/h1-7H,8H2. The van der Waals surface area contributed by atoms with Gasteiger partial charge in [0.2, 0.25) is 5.82 Å². The van der Waals surface area contributed by atoms with Crippen molar-refractivity contribution in [2.24, 2.45) is 0 Å². The van der Waals surface area contributed by atoms with E-state index in [0.717, 1.165) is 5.56 Å². The van der Waals surface area contributed by atoms with Gasteiger partial charge in [-0.25, -0.2) is 4.68 Å².